The molecule has 1 saturated heterocycles. The first-order valence-corrected chi connectivity index (χ1v) is 10.2. The summed E-state index contributed by atoms with van der Waals surface area (Å²) < 4.78 is 19.0. The fourth-order valence-corrected chi connectivity index (χ4v) is 3.52. The standard InChI is InChI=1S/C24H26FNO4/c1-3-5-14-26-21(16-6-10-18(25)11-7-16)20(23(28)24(26)29)22(27)17-8-12-19(13-9-17)30-15-4-2/h6-13,21,27H,3-5,14-15H2,1-2H3/b22-20-. The number of hydrogen-bond donors (Lipinski definition) is 1. The van der Waals surface area contributed by atoms with E-state index in [0.717, 1.165) is 12.8 Å². The van der Waals surface area contributed by atoms with Crippen LogP contribution in [-0.4, -0.2) is 34.8 Å². The molecule has 0 spiro atoms. The van der Waals surface area contributed by atoms with Gasteiger partial charge in [0.25, 0.3) is 11.7 Å². The highest BCUT2D eigenvalue weighted by molar-refractivity contribution is 6.46. The molecule has 1 amide bonds. The van der Waals surface area contributed by atoms with Gasteiger partial charge in [-0.25, -0.2) is 4.39 Å². The largest absolute Gasteiger partial charge is 0.507 e. The number of unbranched alkanes of at least 4 members (excludes halogenated alkanes) is 1. The van der Waals surface area contributed by atoms with Gasteiger partial charge in [-0.15, -0.1) is 0 Å². The van der Waals surface area contributed by atoms with Crippen molar-refractivity contribution in [2.24, 2.45) is 0 Å². The summed E-state index contributed by atoms with van der Waals surface area (Å²) in [6.45, 7) is 4.96. The third-order valence-electron chi connectivity index (χ3n) is 5.08. The number of likely N-dealkylation sites (tertiary alicyclic amines) is 1. The van der Waals surface area contributed by atoms with Crippen molar-refractivity contribution in [3.8, 4) is 5.75 Å². The van der Waals surface area contributed by atoms with Crippen molar-refractivity contribution in [1.29, 1.82) is 0 Å². The fraction of sp³-hybridized carbons (Fsp3) is 0.333. The summed E-state index contributed by atoms with van der Waals surface area (Å²) in [4.78, 5) is 27.0. The molecular weight excluding hydrogens is 385 g/mol. The first-order chi connectivity index (χ1) is 14.5. The van der Waals surface area contributed by atoms with Crippen LogP contribution in [0.25, 0.3) is 5.76 Å². The van der Waals surface area contributed by atoms with Gasteiger partial charge in [0.15, 0.2) is 0 Å². The van der Waals surface area contributed by atoms with Gasteiger partial charge in [-0.2, -0.15) is 0 Å². The second kappa shape index (κ2) is 9.57. The summed E-state index contributed by atoms with van der Waals surface area (Å²) in [5, 5.41) is 11.0. The Morgan fingerprint density at radius 3 is 2.30 bits per heavy atom. The molecule has 3 rings (SSSR count). The van der Waals surface area contributed by atoms with Gasteiger partial charge in [-0.3, -0.25) is 9.59 Å². The van der Waals surface area contributed by atoms with Crippen molar-refractivity contribution in [3.63, 3.8) is 0 Å². The van der Waals surface area contributed by atoms with E-state index in [1.54, 1.807) is 36.4 Å². The number of aliphatic hydroxyl groups excluding tert-OH is 1. The van der Waals surface area contributed by atoms with Crippen molar-refractivity contribution >= 4 is 17.4 Å². The lowest BCUT2D eigenvalue weighted by Crippen LogP contribution is -2.30. The molecule has 1 unspecified atom stereocenters. The van der Waals surface area contributed by atoms with E-state index < -0.39 is 23.5 Å². The lowest BCUT2D eigenvalue weighted by Gasteiger charge is -2.25. The van der Waals surface area contributed by atoms with Gasteiger partial charge in [-0.05, 0) is 54.8 Å². The molecule has 1 fully saturated rings. The molecule has 6 heteroatoms. The fourth-order valence-electron chi connectivity index (χ4n) is 3.52. The summed E-state index contributed by atoms with van der Waals surface area (Å²) in [5.41, 5.74) is 1.01. The van der Waals surface area contributed by atoms with Gasteiger partial charge in [0, 0.05) is 12.1 Å². The number of aliphatic hydroxyl groups is 1. The number of nitrogens with zero attached hydrogens (tertiary/aromatic N) is 1. The molecule has 0 bridgehead atoms. The summed E-state index contributed by atoms with van der Waals surface area (Å²) in [6, 6.07) is 11.6. The lowest BCUT2D eigenvalue weighted by atomic mass is 9.95. The van der Waals surface area contributed by atoms with Crippen LogP contribution >= 0.6 is 0 Å². The third kappa shape index (κ3) is 4.37. The smallest absolute Gasteiger partial charge is 0.295 e. The molecule has 0 aliphatic carbocycles. The maximum Gasteiger partial charge on any atom is 0.295 e. The second-order valence-electron chi connectivity index (χ2n) is 7.27. The number of hydrogen-bond acceptors (Lipinski definition) is 4. The molecule has 5 nitrogen and oxygen atoms in total. The van der Waals surface area contributed by atoms with Crippen LogP contribution in [0, 0.1) is 5.82 Å². The molecule has 1 aliphatic heterocycles. The Morgan fingerprint density at radius 1 is 1.03 bits per heavy atom. The zero-order valence-electron chi connectivity index (χ0n) is 17.2. The quantitative estimate of drug-likeness (QED) is 0.384. The van der Waals surface area contributed by atoms with Crippen molar-refractivity contribution in [1.82, 2.24) is 4.90 Å². The van der Waals surface area contributed by atoms with Gasteiger partial charge >= 0.3 is 0 Å². The Kier molecular flexibility index (Phi) is 6.87. The molecule has 2 aromatic rings. The van der Waals surface area contributed by atoms with Gasteiger partial charge in [0.2, 0.25) is 0 Å². The number of halogens is 1. The number of carbonyl (C=O) groups excluding carboxylic acids is 2. The highest BCUT2D eigenvalue weighted by Crippen LogP contribution is 2.39. The number of carbonyl (C=O) groups is 2. The molecule has 1 N–H and O–H groups in total. The molecule has 0 saturated carbocycles. The van der Waals surface area contributed by atoms with Gasteiger partial charge in [0.1, 0.15) is 17.3 Å². The van der Waals surface area contributed by atoms with Crippen LogP contribution in [0.4, 0.5) is 4.39 Å². The maximum atomic E-state index is 13.5. The highest BCUT2D eigenvalue weighted by atomic mass is 19.1. The highest BCUT2D eigenvalue weighted by Gasteiger charge is 2.45. The topological polar surface area (TPSA) is 66.8 Å². The minimum Gasteiger partial charge on any atom is -0.507 e. The van der Waals surface area contributed by atoms with Gasteiger partial charge < -0.3 is 14.7 Å². The van der Waals surface area contributed by atoms with Crippen LogP contribution in [0.5, 0.6) is 5.75 Å². The average molecular weight is 411 g/mol. The SMILES string of the molecule is CCCCN1C(=O)C(=O)/C(=C(\O)c2ccc(OCCC)cc2)C1c1ccc(F)cc1. The van der Waals surface area contributed by atoms with Crippen molar-refractivity contribution in [3.05, 3.63) is 71.0 Å². The van der Waals surface area contributed by atoms with Crippen LogP contribution in [0.3, 0.4) is 0 Å². The van der Waals surface area contributed by atoms with E-state index in [0.29, 0.717) is 36.4 Å². The van der Waals surface area contributed by atoms with Crippen LogP contribution in [0.1, 0.15) is 50.3 Å². The number of amides is 1. The molecule has 0 aromatic heterocycles. The van der Waals surface area contributed by atoms with Crippen LogP contribution in [0.15, 0.2) is 54.1 Å². The zero-order valence-corrected chi connectivity index (χ0v) is 17.2. The predicted molar refractivity (Wildman–Crippen MR) is 113 cm³/mol. The maximum absolute atomic E-state index is 13.5. The Bertz CT molecular complexity index is 935. The minimum absolute atomic E-state index is 0.0185. The minimum atomic E-state index is -0.756. The third-order valence-corrected chi connectivity index (χ3v) is 5.08. The van der Waals surface area contributed by atoms with Crippen LogP contribution in [-0.2, 0) is 9.59 Å². The molecule has 0 radical (unpaired) electrons. The van der Waals surface area contributed by atoms with E-state index in [1.165, 1.54) is 17.0 Å². The van der Waals surface area contributed by atoms with Crippen molar-refractivity contribution < 1.29 is 23.8 Å². The first-order valence-electron chi connectivity index (χ1n) is 10.2. The Labute approximate surface area is 175 Å². The molecule has 1 atom stereocenters. The predicted octanol–water partition coefficient (Wildman–Crippen LogP) is 4.84. The first kappa shape index (κ1) is 21.6. The van der Waals surface area contributed by atoms with E-state index in [9.17, 15) is 19.1 Å². The zero-order chi connectivity index (χ0) is 21.7. The van der Waals surface area contributed by atoms with Crippen LogP contribution < -0.4 is 4.74 Å². The molecular formula is C24H26FNO4. The molecule has 2 aromatic carbocycles. The van der Waals surface area contributed by atoms with Crippen molar-refractivity contribution in [2.75, 3.05) is 13.2 Å². The molecule has 1 heterocycles. The van der Waals surface area contributed by atoms with Crippen molar-refractivity contribution in [2.45, 2.75) is 39.2 Å². The normalized spacial score (nSPS) is 18.1. The summed E-state index contributed by atoms with van der Waals surface area (Å²) in [5.74, 6) is -1.38. The second-order valence-corrected chi connectivity index (χ2v) is 7.27. The van der Waals surface area contributed by atoms with Crippen LogP contribution in [0.2, 0.25) is 0 Å². The molecule has 30 heavy (non-hydrogen) atoms. The van der Waals surface area contributed by atoms with Gasteiger partial charge in [0.05, 0.1) is 18.2 Å². The number of Topliss-reactive ketones (excluding diaryl/α,β-unsaturated/α-hetero) is 1. The molecule has 1 aliphatic rings. The van der Waals surface area contributed by atoms with E-state index in [-0.39, 0.29) is 11.3 Å². The Morgan fingerprint density at radius 2 is 1.70 bits per heavy atom. The Hall–Kier alpha value is -3.15. The number of benzene rings is 2. The number of ketones is 1. The summed E-state index contributed by atoms with van der Waals surface area (Å²) in [6.07, 6.45) is 2.44. The summed E-state index contributed by atoms with van der Waals surface area (Å²) in [7, 11) is 0. The van der Waals surface area contributed by atoms with E-state index in [1.807, 2.05) is 13.8 Å². The van der Waals surface area contributed by atoms with E-state index in [4.69, 9.17) is 4.74 Å². The monoisotopic (exact) mass is 411 g/mol. The number of rotatable bonds is 8. The lowest BCUT2D eigenvalue weighted by molar-refractivity contribution is -0.139. The Balaban J connectivity index is 2.04. The number of ether oxygens (including phenoxy) is 1. The van der Waals surface area contributed by atoms with E-state index >= 15 is 0 Å². The average Bonchev–Trinajstić information content (AvgIpc) is 3.01. The van der Waals surface area contributed by atoms with Gasteiger partial charge in [-0.1, -0.05) is 32.4 Å². The molecule has 158 valence electrons. The van der Waals surface area contributed by atoms with E-state index in [2.05, 4.69) is 0 Å². The summed E-state index contributed by atoms with van der Waals surface area (Å²) >= 11 is 0.